The molecule has 0 saturated carbocycles. The number of likely N-dealkylation sites (tertiary alicyclic amines) is 1. The molecule has 6 heteroatoms. The van der Waals surface area contributed by atoms with E-state index in [1.54, 1.807) is 0 Å². The van der Waals surface area contributed by atoms with Crippen LogP contribution in [0.25, 0.3) is 11.4 Å². The maximum Gasteiger partial charge on any atom is 0.205 e. The summed E-state index contributed by atoms with van der Waals surface area (Å²) in [5.74, 6) is 1.69. The lowest BCUT2D eigenvalue weighted by molar-refractivity contribution is 0.141. The van der Waals surface area contributed by atoms with Crippen LogP contribution < -0.4 is 9.64 Å². The fraction of sp³-hybridized carbons (Fsp3) is 0.600. The van der Waals surface area contributed by atoms with Gasteiger partial charge >= 0.3 is 0 Å². The average molecular weight is 373 g/mol. The van der Waals surface area contributed by atoms with Gasteiger partial charge in [-0.25, -0.2) is 0 Å². The van der Waals surface area contributed by atoms with Crippen LogP contribution in [-0.4, -0.2) is 53.1 Å². The van der Waals surface area contributed by atoms with Gasteiger partial charge in [0, 0.05) is 36.2 Å². The van der Waals surface area contributed by atoms with E-state index in [1.165, 1.54) is 56.7 Å². The zero-order chi connectivity index (χ0) is 17.8. The van der Waals surface area contributed by atoms with Crippen molar-refractivity contribution in [3.05, 3.63) is 24.3 Å². The Morgan fingerprint density at radius 2 is 1.92 bits per heavy atom. The fourth-order valence-corrected chi connectivity index (χ4v) is 4.80. The highest BCUT2D eigenvalue weighted by Gasteiger charge is 2.27. The van der Waals surface area contributed by atoms with Gasteiger partial charge in [0.15, 0.2) is 5.82 Å². The predicted octanol–water partition coefficient (Wildman–Crippen LogP) is 4.06. The van der Waals surface area contributed by atoms with E-state index in [4.69, 9.17) is 9.72 Å². The molecule has 0 N–H and O–H groups in total. The minimum absolute atomic E-state index is 0.672. The SMILES string of the molecule is CCOc1cccc(-c2nsc(N3CCC(N4CCCCC4)CC3)n2)c1. The Hall–Kier alpha value is -1.66. The van der Waals surface area contributed by atoms with E-state index in [-0.39, 0.29) is 0 Å². The molecule has 2 aromatic rings. The highest BCUT2D eigenvalue weighted by atomic mass is 32.1. The van der Waals surface area contributed by atoms with Gasteiger partial charge in [-0.3, -0.25) is 0 Å². The standard InChI is InChI=1S/C20H28N4OS/c1-2-25-18-8-6-7-16(15-18)19-21-20(26-22-19)24-13-9-17(10-14-24)23-11-4-3-5-12-23/h6-8,15,17H,2-5,9-14H2,1H3. The number of hydrogen-bond acceptors (Lipinski definition) is 6. The van der Waals surface area contributed by atoms with Crippen molar-refractivity contribution in [1.82, 2.24) is 14.3 Å². The van der Waals surface area contributed by atoms with Crippen molar-refractivity contribution in [3.8, 4) is 17.1 Å². The highest BCUT2D eigenvalue weighted by molar-refractivity contribution is 7.09. The van der Waals surface area contributed by atoms with Crippen LogP contribution in [-0.2, 0) is 0 Å². The van der Waals surface area contributed by atoms with E-state index in [0.717, 1.165) is 41.4 Å². The van der Waals surface area contributed by atoms with Crippen LogP contribution in [0.4, 0.5) is 5.13 Å². The van der Waals surface area contributed by atoms with Crippen LogP contribution in [0.2, 0.25) is 0 Å². The molecule has 0 unspecified atom stereocenters. The maximum absolute atomic E-state index is 5.59. The maximum atomic E-state index is 5.59. The van der Waals surface area contributed by atoms with Crippen LogP contribution in [0, 0.1) is 0 Å². The summed E-state index contributed by atoms with van der Waals surface area (Å²) >= 11 is 1.52. The monoisotopic (exact) mass is 372 g/mol. The number of rotatable bonds is 5. The number of hydrogen-bond donors (Lipinski definition) is 0. The Morgan fingerprint density at radius 1 is 1.12 bits per heavy atom. The van der Waals surface area contributed by atoms with E-state index in [1.807, 2.05) is 25.1 Å². The summed E-state index contributed by atoms with van der Waals surface area (Å²) in [6, 6.07) is 8.83. The van der Waals surface area contributed by atoms with E-state index in [2.05, 4.69) is 20.2 Å². The first-order chi connectivity index (χ1) is 12.8. The summed E-state index contributed by atoms with van der Waals surface area (Å²) in [5, 5.41) is 1.05. The summed E-state index contributed by atoms with van der Waals surface area (Å²) in [6.45, 7) is 7.45. The van der Waals surface area contributed by atoms with E-state index in [0.29, 0.717) is 6.61 Å². The molecule has 2 aliphatic rings. The molecule has 0 amide bonds. The molecule has 0 spiro atoms. The lowest BCUT2D eigenvalue weighted by Crippen LogP contribution is -2.46. The largest absolute Gasteiger partial charge is 0.494 e. The second-order valence-electron chi connectivity index (χ2n) is 7.18. The first kappa shape index (κ1) is 17.7. The second kappa shape index (κ2) is 8.35. The number of ether oxygens (including phenoxy) is 1. The zero-order valence-corrected chi connectivity index (χ0v) is 16.4. The summed E-state index contributed by atoms with van der Waals surface area (Å²) in [7, 11) is 0. The van der Waals surface area contributed by atoms with E-state index < -0.39 is 0 Å². The van der Waals surface area contributed by atoms with Crippen molar-refractivity contribution < 1.29 is 4.74 Å². The molecule has 2 aliphatic heterocycles. The second-order valence-corrected chi connectivity index (χ2v) is 7.91. The van der Waals surface area contributed by atoms with Crippen molar-refractivity contribution in [2.24, 2.45) is 0 Å². The Kier molecular flexibility index (Phi) is 5.70. The molecule has 1 aromatic carbocycles. The van der Waals surface area contributed by atoms with Gasteiger partial charge in [0.25, 0.3) is 0 Å². The van der Waals surface area contributed by atoms with Crippen molar-refractivity contribution in [2.75, 3.05) is 37.7 Å². The summed E-state index contributed by atoms with van der Waals surface area (Å²) in [4.78, 5) is 9.93. The molecule has 26 heavy (non-hydrogen) atoms. The molecule has 3 heterocycles. The lowest BCUT2D eigenvalue weighted by atomic mass is 10.0. The van der Waals surface area contributed by atoms with Crippen molar-refractivity contribution in [2.45, 2.75) is 45.1 Å². The normalized spacial score (nSPS) is 19.7. The summed E-state index contributed by atoms with van der Waals surface area (Å²) in [6.07, 6.45) is 6.65. The Morgan fingerprint density at radius 3 is 2.69 bits per heavy atom. The number of anilines is 1. The molecule has 0 atom stereocenters. The first-order valence-corrected chi connectivity index (χ1v) is 10.7. The van der Waals surface area contributed by atoms with Crippen LogP contribution >= 0.6 is 11.5 Å². The Balaban J connectivity index is 1.38. The van der Waals surface area contributed by atoms with Crippen LogP contribution in [0.1, 0.15) is 39.0 Å². The Bertz CT molecular complexity index is 705. The van der Waals surface area contributed by atoms with Gasteiger partial charge in [-0.15, -0.1) is 0 Å². The van der Waals surface area contributed by atoms with Crippen molar-refractivity contribution in [1.29, 1.82) is 0 Å². The van der Waals surface area contributed by atoms with Gasteiger partial charge in [0.1, 0.15) is 5.75 Å². The number of nitrogens with zero attached hydrogens (tertiary/aromatic N) is 4. The zero-order valence-electron chi connectivity index (χ0n) is 15.6. The number of benzene rings is 1. The first-order valence-electron chi connectivity index (χ1n) is 9.89. The quantitative estimate of drug-likeness (QED) is 0.792. The molecule has 0 radical (unpaired) electrons. The molecular weight excluding hydrogens is 344 g/mol. The van der Waals surface area contributed by atoms with Gasteiger partial charge in [0.05, 0.1) is 6.61 Å². The average Bonchev–Trinajstić information content (AvgIpc) is 3.20. The summed E-state index contributed by atoms with van der Waals surface area (Å²) in [5.41, 5.74) is 1.03. The van der Waals surface area contributed by atoms with Crippen LogP contribution in [0.15, 0.2) is 24.3 Å². The van der Waals surface area contributed by atoms with E-state index >= 15 is 0 Å². The molecule has 2 saturated heterocycles. The molecule has 140 valence electrons. The minimum atomic E-state index is 0.672. The summed E-state index contributed by atoms with van der Waals surface area (Å²) < 4.78 is 10.2. The molecule has 1 aromatic heterocycles. The van der Waals surface area contributed by atoms with Crippen molar-refractivity contribution in [3.63, 3.8) is 0 Å². The van der Waals surface area contributed by atoms with Gasteiger partial charge in [-0.1, -0.05) is 18.6 Å². The number of piperidine rings is 2. The van der Waals surface area contributed by atoms with Gasteiger partial charge < -0.3 is 14.5 Å². The molecule has 2 fully saturated rings. The predicted molar refractivity (Wildman–Crippen MR) is 107 cm³/mol. The van der Waals surface area contributed by atoms with Crippen LogP contribution in [0.3, 0.4) is 0 Å². The molecule has 4 rings (SSSR count). The smallest absolute Gasteiger partial charge is 0.205 e. The minimum Gasteiger partial charge on any atom is -0.494 e. The number of aromatic nitrogens is 2. The molecule has 0 bridgehead atoms. The van der Waals surface area contributed by atoms with Gasteiger partial charge in [-0.2, -0.15) is 9.36 Å². The third-order valence-electron chi connectivity index (χ3n) is 5.46. The van der Waals surface area contributed by atoms with Crippen molar-refractivity contribution >= 4 is 16.7 Å². The Labute approximate surface area is 160 Å². The fourth-order valence-electron chi connectivity index (χ4n) is 4.06. The van der Waals surface area contributed by atoms with Gasteiger partial charge in [0.2, 0.25) is 5.13 Å². The molecule has 5 nitrogen and oxygen atoms in total. The van der Waals surface area contributed by atoms with E-state index in [9.17, 15) is 0 Å². The topological polar surface area (TPSA) is 41.5 Å². The third kappa shape index (κ3) is 4.01. The third-order valence-corrected chi connectivity index (χ3v) is 6.24. The molecule has 0 aliphatic carbocycles. The molecular formula is C20H28N4OS. The highest BCUT2D eigenvalue weighted by Crippen LogP contribution is 2.29. The van der Waals surface area contributed by atoms with Crippen LogP contribution in [0.5, 0.6) is 5.75 Å². The lowest BCUT2D eigenvalue weighted by Gasteiger charge is -2.40. The van der Waals surface area contributed by atoms with Gasteiger partial charge in [-0.05, 0) is 57.8 Å².